The summed E-state index contributed by atoms with van der Waals surface area (Å²) in [6, 6.07) is 15.3. The van der Waals surface area contributed by atoms with Gasteiger partial charge in [0.1, 0.15) is 0 Å². The first kappa shape index (κ1) is 9.92. The zero-order valence-electron chi connectivity index (χ0n) is 9.35. The summed E-state index contributed by atoms with van der Waals surface area (Å²) in [5.41, 5.74) is 3.36. The molecule has 3 heteroatoms. The Kier molecular flexibility index (Phi) is 1.78. The molecule has 0 N–H and O–H groups in total. The molecule has 4 rings (SSSR count). The molecule has 1 aromatic heterocycles. The smallest absolute Gasteiger partial charge is 0.263 e. The third-order valence-corrected chi connectivity index (χ3v) is 3.73. The molecule has 0 spiro atoms. The minimum Gasteiger partial charge on any atom is -0.276 e. The second-order valence-electron chi connectivity index (χ2n) is 4.39. The van der Waals surface area contributed by atoms with Crippen LogP contribution < -0.4 is 0 Å². The highest BCUT2D eigenvalue weighted by molar-refractivity contribution is 6.35. The molecule has 1 aliphatic rings. The van der Waals surface area contributed by atoms with Crippen LogP contribution in [-0.2, 0) is 0 Å². The number of hydrogen-bond donors (Lipinski definition) is 0. The highest BCUT2D eigenvalue weighted by Gasteiger charge is 2.29. The van der Waals surface area contributed by atoms with Gasteiger partial charge in [0, 0.05) is 10.9 Å². The second kappa shape index (κ2) is 3.24. The van der Waals surface area contributed by atoms with E-state index in [1.54, 1.807) is 4.57 Å². The molecule has 18 heavy (non-hydrogen) atoms. The summed E-state index contributed by atoms with van der Waals surface area (Å²) < 4.78 is 1.74. The maximum atomic E-state index is 12.4. The number of rotatable bonds is 0. The molecule has 86 valence electrons. The third-order valence-electron chi connectivity index (χ3n) is 3.41. The van der Waals surface area contributed by atoms with Crippen LogP contribution in [0.4, 0.5) is 0 Å². The first-order valence-corrected chi connectivity index (χ1v) is 6.09. The number of carbonyl (C=O) groups is 1. The van der Waals surface area contributed by atoms with Crippen molar-refractivity contribution in [2.24, 2.45) is 0 Å². The highest BCUT2D eigenvalue weighted by atomic mass is 35.5. The van der Waals surface area contributed by atoms with E-state index >= 15 is 0 Å². The predicted octanol–water partition coefficient (Wildman–Crippen LogP) is 3.96. The van der Waals surface area contributed by atoms with Crippen LogP contribution in [0.15, 0.2) is 48.5 Å². The van der Waals surface area contributed by atoms with Crippen LogP contribution in [0, 0.1) is 0 Å². The monoisotopic (exact) mass is 253 g/mol. The summed E-state index contributed by atoms with van der Waals surface area (Å²) >= 11 is 6.22. The Hall–Kier alpha value is -2.06. The Labute approximate surface area is 108 Å². The van der Waals surface area contributed by atoms with Gasteiger partial charge in [0.05, 0.1) is 21.8 Å². The zero-order chi connectivity index (χ0) is 12.3. The van der Waals surface area contributed by atoms with E-state index in [2.05, 4.69) is 0 Å². The molecule has 0 amide bonds. The fourth-order valence-electron chi connectivity index (χ4n) is 2.64. The van der Waals surface area contributed by atoms with E-state index in [0.29, 0.717) is 10.6 Å². The molecule has 0 saturated carbocycles. The number of fused-ring (bicyclic) bond motifs is 5. The number of benzene rings is 2. The number of halogens is 1. The van der Waals surface area contributed by atoms with Crippen LogP contribution in [0.2, 0.25) is 5.02 Å². The van der Waals surface area contributed by atoms with Crippen LogP contribution in [0.3, 0.4) is 0 Å². The van der Waals surface area contributed by atoms with E-state index < -0.39 is 0 Å². The molecule has 1 aliphatic heterocycles. The molecule has 3 aromatic rings. The zero-order valence-corrected chi connectivity index (χ0v) is 10.1. The van der Waals surface area contributed by atoms with Gasteiger partial charge in [-0.3, -0.25) is 9.36 Å². The summed E-state index contributed by atoms with van der Waals surface area (Å²) in [5, 5.41) is 1.69. The topological polar surface area (TPSA) is 22.0 Å². The minimum atomic E-state index is 0.00343. The molecule has 2 heterocycles. The Bertz CT molecular complexity index is 816. The highest BCUT2D eigenvalue weighted by Crippen LogP contribution is 2.40. The first-order chi connectivity index (χ1) is 8.77. The lowest BCUT2D eigenvalue weighted by atomic mass is 10.1. The van der Waals surface area contributed by atoms with E-state index in [-0.39, 0.29) is 5.91 Å². The number of nitrogens with zero attached hydrogens (tertiary/aromatic N) is 1. The number of para-hydroxylation sites is 1. The molecule has 0 unspecified atom stereocenters. The summed E-state index contributed by atoms with van der Waals surface area (Å²) in [5.74, 6) is 0.00343. The molecular formula is C15H8ClNO. The van der Waals surface area contributed by atoms with Gasteiger partial charge in [-0.2, -0.15) is 0 Å². The van der Waals surface area contributed by atoms with Gasteiger partial charge < -0.3 is 0 Å². The summed E-state index contributed by atoms with van der Waals surface area (Å²) in [6.07, 6.45) is 0. The van der Waals surface area contributed by atoms with Crippen molar-refractivity contribution in [2.75, 3.05) is 0 Å². The molecule has 0 radical (unpaired) electrons. The molecule has 0 bridgehead atoms. The number of carbonyl (C=O) groups excluding carboxylic acids is 1. The summed E-state index contributed by atoms with van der Waals surface area (Å²) in [4.78, 5) is 12.4. The van der Waals surface area contributed by atoms with E-state index in [1.165, 1.54) is 0 Å². The summed E-state index contributed by atoms with van der Waals surface area (Å²) in [6.45, 7) is 0. The van der Waals surface area contributed by atoms with Crippen molar-refractivity contribution in [3.8, 4) is 11.3 Å². The normalized spacial score (nSPS) is 12.8. The van der Waals surface area contributed by atoms with Crippen molar-refractivity contribution in [2.45, 2.75) is 0 Å². The van der Waals surface area contributed by atoms with Gasteiger partial charge in [-0.25, -0.2) is 0 Å². The van der Waals surface area contributed by atoms with Gasteiger partial charge >= 0.3 is 0 Å². The van der Waals surface area contributed by atoms with Crippen molar-refractivity contribution in [3.05, 3.63) is 59.1 Å². The maximum Gasteiger partial charge on any atom is 0.263 e. The lowest BCUT2D eigenvalue weighted by Crippen LogP contribution is -2.05. The molecule has 2 nitrogen and oxygen atoms in total. The standard InChI is InChI=1S/C15H8ClNO/c16-11-6-3-5-10-14(11)13-8-9-4-1-2-7-12(9)17(13)15(10)18/h1-8H. The molecule has 0 saturated heterocycles. The van der Waals surface area contributed by atoms with E-state index in [9.17, 15) is 4.79 Å². The van der Waals surface area contributed by atoms with Gasteiger partial charge in [0.25, 0.3) is 5.91 Å². The lowest BCUT2D eigenvalue weighted by Gasteiger charge is -1.99. The number of aromatic nitrogens is 1. The van der Waals surface area contributed by atoms with Crippen LogP contribution in [0.1, 0.15) is 10.4 Å². The SMILES string of the molecule is O=C1c2cccc(Cl)c2-c2cc3ccccc3n21. The van der Waals surface area contributed by atoms with Crippen molar-refractivity contribution < 1.29 is 4.79 Å². The molecule has 0 aliphatic carbocycles. The Morgan fingerprint density at radius 3 is 2.72 bits per heavy atom. The van der Waals surface area contributed by atoms with Crippen molar-refractivity contribution in [3.63, 3.8) is 0 Å². The number of hydrogen-bond acceptors (Lipinski definition) is 1. The van der Waals surface area contributed by atoms with Crippen molar-refractivity contribution >= 4 is 28.4 Å². The average molecular weight is 254 g/mol. The predicted molar refractivity (Wildman–Crippen MR) is 72.1 cm³/mol. The van der Waals surface area contributed by atoms with Gasteiger partial charge in [-0.05, 0) is 24.3 Å². The molecule has 0 atom stereocenters. The Balaban J connectivity index is 2.20. The van der Waals surface area contributed by atoms with Crippen LogP contribution in [0.25, 0.3) is 22.2 Å². The fourth-order valence-corrected chi connectivity index (χ4v) is 2.91. The minimum absolute atomic E-state index is 0.00343. The fraction of sp³-hybridized carbons (Fsp3) is 0. The van der Waals surface area contributed by atoms with E-state index in [1.807, 2.05) is 48.5 Å². The average Bonchev–Trinajstić information content (AvgIpc) is 2.87. The Morgan fingerprint density at radius 2 is 1.83 bits per heavy atom. The van der Waals surface area contributed by atoms with Crippen LogP contribution in [0.5, 0.6) is 0 Å². The third kappa shape index (κ3) is 1.06. The molecular weight excluding hydrogens is 246 g/mol. The van der Waals surface area contributed by atoms with Crippen LogP contribution >= 0.6 is 11.6 Å². The van der Waals surface area contributed by atoms with Gasteiger partial charge in [0.15, 0.2) is 0 Å². The van der Waals surface area contributed by atoms with Crippen molar-refractivity contribution in [1.82, 2.24) is 4.57 Å². The first-order valence-electron chi connectivity index (χ1n) is 5.71. The largest absolute Gasteiger partial charge is 0.276 e. The maximum absolute atomic E-state index is 12.4. The van der Waals surface area contributed by atoms with Gasteiger partial charge in [0.2, 0.25) is 0 Å². The van der Waals surface area contributed by atoms with E-state index in [4.69, 9.17) is 11.6 Å². The lowest BCUT2D eigenvalue weighted by molar-refractivity contribution is 0.0973. The molecule has 2 aromatic carbocycles. The molecule has 0 fully saturated rings. The van der Waals surface area contributed by atoms with Crippen molar-refractivity contribution in [1.29, 1.82) is 0 Å². The second-order valence-corrected chi connectivity index (χ2v) is 4.80. The summed E-state index contributed by atoms with van der Waals surface area (Å²) in [7, 11) is 0. The quantitative estimate of drug-likeness (QED) is 0.465. The Morgan fingerprint density at radius 1 is 1.00 bits per heavy atom. The van der Waals surface area contributed by atoms with Gasteiger partial charge in [-0.1, -0.05) is 35.9 Å². The van der Waals surface area contributed by atoms with Crippen LogP contribution in [-0.4, -0.2) is 10.5 Å². The van der Waals surface area contributed by atoms with E-state index in [0.717, 1.165) is 22.2 Å². The van der Waals surface area contributed by atoms with Gasteiger partial charge in [-0.15, -0.1) is 0 Å².